The monoisotopic (exact) mass is 694 g/mol. The number of amides is 1. The smallest absolute Gasteiger partial charge is 0.407 e. The zero-order chi connectivity index (χ0) is 35.5. The molecule has 2 aromatic rings. The van der Waals surface area contributed by atoms with E-state index in [4.69, 9.17) is 19.0 Å². The molecule has 1 saturated heterocycles. The van der Waals surface area contributed by atoms with E-state index in [1.54, 1.807) is 0 Å². The molecule has 272 valence electrons. The van der Waals surface area contributed by atoms with Crippen LogP contribution in [0.4, 0.5) is 4.79 Å². The third-order valence-corrected chi connectivity index (χ3v) is 14.3. The number of alkyl carbamates (subject to hydrolysis) is 1. The molecule has 8 rings (SSSR count). The molecule has 8 heteroatoms. The van der Waals surface area contributed by atoms with Crippen LogP contribution in [0.2, 0.25) is 0 Å². The van der Waals surface area contributed by atoms with E-state index in [0.717, 1.165) is 36.1 Å². The fourth-order valence-electron chi connectivity index (χ4n) is 11.7. The lowest BCUT2D eigenvalue weighted by molar-refractivity contribution is -0.214. The summed E-state index contributed by atoms with van der Waals surface area (Å²) in [6.07, 6.45) is 10.5. The number of benzene rings is 2. The highest BCUT2D eigenvalue weighted by atomic mass is 16.7. The third-order valence-electron chi connectivity index (χ3n) is 14.3. The van der Waals surface area contributed by atoms with Crippen molar-refractivity contribution in [3.63, 3.8) is 0 Å². The Morgan fingerprint density at radius 1 is 0.882 bits per heavy atom. The lowest BCUT2D eigenvalue weighted by Crippen LogP contribution is -2.53. The van der Waals surface area contributed by atoms with Crippen molar-refractivity contribution in [1.29, 1.82) is 0 Å². The van der Waals surface area contributed by atoms with E-state index >= 15 is 0 Å². The van der Waals surface area contributed by atoms with Crippen LogP contribution >= 0.6 is 0 Å². The number of ether oxygens (including phenoxy) is 3. The van der Waals surface area contributed by atoms with Gasteiger partial charge in [-0.15, -0.1) is 0 Å². The van der Waals surface area contributed by atoms with Gasteiger partial charge in [-0.05, 0) is 121 Å². The lowest BCUT2D eigenvalue weighted by Gasteiger charge is -2.59. The van der Waals surface area contributed by atoms with Crippen LogP contribution in [0, 0.1) is 40.4 Å². The Morgan fingerprint density at radius 2 is 1.57 bits per heavy atom. The third kappa shape index (κ3) is 5.85. The van der Waals surface area contributed by atoms with Crippen LogP contribution in [-0.4, -0.2) is 49.4 Å². The van der Waals surface area contributed by atoms with Crippen molar-refractivity contribution in [2.45, 2.75) is 104 Å². The van der Waals surface area contributed by atoms with Crippen molar-refractivity contribution >= 4 is 17.8 Å². The van der Waals surface area contributed by atoms with Crippen LogP contribution in [0.1, 0.15) is 103 Å². The summed E-state index contributed by atoms with van der Waals surface area (Å²) in [4.78, 5) is 31.9. The molecule has 6 aliphatic rings. The molecule has 8 nitrogen and oxygen atoms in total. The van der Waals surface area contributed by atoms with E-state index < -0.39 is 23.9 Å². The maximum atomic E-state index is 13.3. The average Bonchev–Trinajstić information content (AvgIpc) is 3.82. The Labute approximate surface area is 302 Å². The van der Waals surface area contributed by atoms with E-state index in [1.165, 1.54) is 48.8 Å². The molecule has 1 heterocycles. The minimum atomic E-state index is -0.879. The van der Waals surface area contributed by atoms with Crippen LogP contribution < -0.4 is 5.32 Å². The Bertz CT molecular complexity index is 1700. The molecule has 4 fully saturated rings. The summed E-state index contributed by atoms with van der Waals surface area (Å²) in [5, 5.41) is 7.14. The zero-order valence-electron chi connectivity index (χ0n) is 30.9. The highest BCUT2D eigenvalue weighted by Crippen LogP contribution is 2.68. The van der Waals surface area contributed by atoms with Crippen LogP contribution in [0.25, 0.3) is 11.1 Å². The highest BCUT2D eigenvalue weighted by Gasteiger charge is 2.63. The zero-order valence-corrected chi connectivity index (χ0v) is 30.9. The summed E-state index contributed by atoms with van der Waals surface area (Å²) in [6.45, 7) is 12.5. The Morgan fingerprint density at radius 3 is 2.25 bits per heavy atom. The molecule has 3 unspecified atom stereocenters. The minimum absolute atomic E-state index is 0.0585. The normalized spacial score (nSPS) is 33.4. The summed E-state index contributed by atoms with van der Waals surface area (Å²) >= 11 is 0. The maximum Gasteiger partial charge on any atom is 0.407 e. The molecule has 0 bridgehead atoms. The standard InChI is InChI=1S/C43H54N2O6/c1-26(2)38(44-40(47)48-25-34-31-12-8-6-10-29(31)30-11-7-9-13-32(30)34)39(46)51-45-28-18-20-41(3)27(24-28)14-15-33-35-16-17-37(43(5)49-22-23-50-43)42(35,4)21-19-36(33)41/h6-13,24,26,33-38H,14-23,25H2,1-5H3,(H,44,47)/b45-28-/t33?,35?,36?,37-,38-,41-,42-/m0/s1. The number of carbonyl (C=O) groups is 2. The summed E-state index contributed by atoms with van der Waals surface area (Å²) in [5.74, 6) is 1.25. The van der Waals surface area contributed by atoms with Gasteiger partial charge in [0.1, 0.15) is 12.6 Å². The second-order valence-corrected chi connectivity index (χ2v) is 17.1. The summed E-state index contributed by atoms with van der Waals surface area (Å²) in [6, 6.07) is 15.6. The first-order valence-corrected chi connectivity index (χ1v) is 19.4. The van der Waals surface area contributed by atoms with Gasteiger partial charge in [-0.2, -0.15) is 0 Å². The first kappa shape index (κ1) is 34.6. The van der Waals surface area contributed by atoms with Gasteiger partial charge in [0, 0.05) is 11.8 Å². The molecule has 51 heavy (non-hydrogen) atoms. The van der Waals surface area contributed by atoms with E-state index in [1.807, 2.05) is 38.1 Å². The lowest BCUT2D eigenvalue weighted by atomic mass is 9.46. The van der Waals surface area contributed by atoms with E-state index in [0.29, 0.717) is 36.9 Å². The number of nitrogens with zero attached hydrogens (tertiary/aromatic N) is 1. The van der Waals surface area contributed by atoms with Gasteiger partial charge >= 0.3 is 12.1 Å². The number of hydrogen-bond donors (Lipinski definition) is 1. The number of nitrogens with one attached hydrogen (secondary N) is 1. The van der Waals surface area contributed by atoms with Crippen LogP contribution in [-0.2, 0) is 23.8 Å². The van der Waals surface area contributed by atoms with Gasteiger partial charge < -0.3 is 24.4 Å². The van der Waals surface area contributed by atoms with Crippen LogP contribution in [0.15, 0.2) is 65.3 Å². The molecule has 3 saturated carbocycles. The number of hydrogen-bond acceptors (Lipinski definition) is 7. The predicted molar refractivity (Wildman–Crippen MR) is 196 cm³/mol. The number of fused-ring (bicyclic) bond motifs is 8. The average molecular weight is 695 g/mol. The van der Waals surface area contributed by atoms with Crippen molar-refractivity contribution in [2.24, 2.45) is 45.6 Å². The molecule has 0 radical (unpaired) electrons. The molecule has 2 aromatic carbocycles. The molecular formula is C43H54N2O6. The molecule has 1 N–H and O–H groups in total. The molecule has 1 aliphatic heterocycles. The summed E-state index contributed by atoms with van der Waals surface area (Å²) in [7, 11) is 0. The molecule has 7 atom stereocenters. The van der Waals surface area contributed by atoms with Gasteiger partial charge in [0.15, 0.2) is 5.79 Å². The van der Waals surface area contributed by atoms with Gasteiger partial charge in [0.2, 0.25) is 0 Å². The van der Waals surface area contributed by atoms with Gasteiger partial charge in [-0.25, -0.2) is 9.59 Å². The van der Waals surface area contributed by atoms with E-state index in [-0.39, 0.29) is 29.3 Å². The molecule has 5 aliphatic carbocycles. The highest BCUT2D eigenvalue weighted by molar-refractivity contribution is 5.97. The quantitative estimate of drug-likeness (QED) is 0.230. The fraction of sp³-hybridized carbons (Fsp3) is 0.605. The van der Waals surface area contributed by atoms with Gasteiger partial charge in [-0.1, -0.05) is 87.0 Å². The summed E-state index contributed by atoms with van der Waals surface area (Å²) in [5.41, 5.74) is 7.27. The topological polar surface area (TPSA) is 95.5 Å². The van der Waals surface area contributed by atoms with E-state index in [9.17, 15) is 9.59 Å². The first-order valence-electron chi connectivity index (χ1n) is 19.4. The first-order chi connectivity index (χ1) is 24.5. The summed E-state index contributed by atoms with van der Waals surface area (Å²) < 4.78 is 18.2. The van der Waals surface area contributed by atoms with Crippen molar-refractivity contribution in [3.8, 4) is 11.1 Å². The van der Waals surface area contributed by atoms with Crippen molar-refractivity contribution in [2.75, 3.05) is 19.8 Å². The van der Waals surface area contributed by atoms with E-state index in [2.05, 4.69) is 61.6 Å². The SMILES string of the molecule is CC(C)[C@H](NC(=O)OCC1c2ccccc2-c2ccccc21)C(=O)O/N=C1\C=C2CCC3C(CC[C@@]4(C)C3CC[C@@H]4C3(C)OCCO3)[C@@]2(C)CC1. The Balaban J connectivity index is 0.894. The van der Waals surface area contributed by atoms with Crippen molar-refractivity contribution < 1.29 is 28.6 Å². The Hall–Kier alpha value is -3.49. The molecule has 0 aromatic heterocycles. The second kappa shape index (κ2) is 13.2. The second-order valence-electron chi connectivity index (χ2n) is 17.1. The number of rotatable bonds is 7. The number of allylic oxidation sites excluding steroid dienone is 2. The predicted octanol–water partition coefficient (Wildman–Crippen LogP) is 8.79. The number of oxime groups is 1. The minimum Gasteiger partial charge on any atom is -0.449 e. The van der Waals surface area contributed by atoms with Crippen molar-refractivity contribution in [3.05, 3.63) is 71.3 Å². The Kier molecular flexibility index (Phi) is 8.93. The van der Waals surface area contributed by atoms with Crippen LogP contribution in [0.3, 0.4) is 0 Å². The maximum absolute atomic E-state index is 13.3. The number of carbonyl (C=O) groups excluding carboxylic acids is 2. The molecular weight excluding hydrogens is 640 g/mol. The largest absolute Gasteiger partial charge is 0.449 e. The van der Waals surface area contributed by atoms with Crippen molar-refractivity contribution in [1.82, 2.24) is 5.32 Å². The fourth-order valence-corrected chi connectivity index (χ4v) is 11.7. The van der Waals surface area contributed by atoms with Gasteiger partial charge in [-0.3, -0.25) is 0 Å². The van der Waals surface area contributed by atoms with Crippen LogP contribution in [0.5, 0.6) is 0 Å². The molecule has 0 spiro atoms. The van der Waals surface area contributed by atoms with Gasteiger partial charge in [0.05, 0.1) is 18.9 Å². The molecule has 1 amide bonds. The van der Waals surface area contributed by atoms with Gasteiger partial charge in [0.25, 0.3) is 0 Å².